The van der Waals surface area contributed by atoms with Gasteiger partial charge in [-0.05, 0) is 40.4 Å². The Morgan fingerprint density at radius 3 is 2.64 bits per heavy atom. The van der Waals surface area contributed by atoms with E-state index in [1.54, 1.807) is 6.20 Å². The Labute approximate surface area is 138 Å². The number of aromatic nitrogens is 2. The molecule has 0 spiro atoms. The summed E-state index contributed by atoms with van der Waals surface area (Å²) in [5, 5.41) is 5.98. The molecule has 0 bridgehead atoms. The van der Waals surface area contributed by atoms with Crippen molar-refractivity contribution in [2.75, 3.05) is 11.9 Å². The molecule has 0 atom stereocenters. The minimum atomic E-state index is -0.194. The average Bonchev–Trinajstić information content (AvgIpc) is 2.50. The van der Waals surface area contributed by atoms with Crippen LogP contribution in [0.15, 0.2) is 41.1 Å². The summed E-state index contributed by atoms with van der Waals surface area (Å²) in [4.78, 5) is 20.3. The van der Waals surface area contributed by atoms with Crippen molar-refractivity contribution in [3.8, 4) is 0 Å². The van der Waals surface area contributed by atoms with Gasteiger partial charge in [0.1, 0.15) is 11.5 Å². The second-order valence-electron chi connectivity index (χ2n) is 5.33. The number of para-hydroxylation sites is 1. The highest BCUT2D eigenvalue weighted by atomic mass is 79.9. The molecule has 1 aromatic heterocycles. The van der Waals surface area contributed by atoms with E-state index < -0.39 is 0 Å². The number of anilines is 2. The fraction of sp³-hybridized carbons (Fsp3) is 0.312. The van der Waals surface area contributed by atoms with Gasteiger partial charge in [0.15, 0.2) is 0 Å². The van der Waals surface area contributed by atoms with Gasteiger partial charge in [-0.15, -0.1) is 0 Å². The maximum atomic E-state index is 11.9. The number of nitrogens with one attached hydrogen (secondary N) is 2. The molecule has 0 fully saturated rings. The number of benzene rings is 1. The molecule has 0 saturated heterocycles. The molecule has 0 radical (unpaired) electrons. The first-order valence-corrected chi connectivity index (χ1v) is 7.97. The third kappa shape index (κ3) is 4.80. The van der Waals surface area contributed by atoms with Gasteiger partial charge in [0, 0.05) is 11.0 Å². The zero-order valence-electron chi connectivity index (χ0n) is 12.6. The summed E-state index contributed by atoms with van der Waals surface area (Å²) in [6.07, 6.45) is 3.97. The van der Waals surface area contributed by atoms with Gasteiger partial charge in [-0.1, -0.05) is 26.0 Å². The zero-order valence-corrected chi connectivity index (χ0v) is 14.2. The number of rotatable bonds is 6. The number of carbonyl (C=O) groups excluding carboxylic acids is 1. The molecule has 2 rings (SSSR count). The molecule has 0 aliphatic rings. The topological polar surface area (TPSA) is 66.9 Å². The standard InChI is InChI=1S/C16H19BrN4O/c1-11(2)7-8-18-16(22)14-9-20-15(10-19-14)21-13-6-4-3-5-12(13)17/h3-6,9-11H,7-8H2,1-2H3,(H,18,22)(H,20,21). The lowest BCUT2D eigenvalue weighted by molar-refractivity contribution is 0.0946. The molecule has 0 unspecified atom stereocenters. The predicted molar refractivity (Wildman–Crippen MR) is 91.2 cm³/mol. The summed E-state index contributed by atoms with van der Waals surface area (Å²) >= 11 is 3.46. The van der Waals surface area contributed by atoms with Gasteiger partial charge in [-0.25, -0.2) is 9.97 Å². The molecule has 2 N–H and O–H groups in total. The van der Waals surface area contributed by atoms with Gasteiger partial charge in [0.05, 0.1) is 18.1 Å². The first-order chi connectivity index (χ1) is 10.6. The van der Waals surface area contributed by atoms with Crippen molar-refractivity contribution >= 4 is 33.3 Å². The average molecular weight is 363 g/mol. The molecule has 6 heteroatoms. The second kappa shape index (κ2) is 7.89. The Kier molecular flexibility index (Phi) is 5.89. The lowest BCUT2D eigenvalue weighted by Crippen LogP contribution is -2.26. The van der Waals surface area contributed by atoms with E-state index in [4.69, 9.17) is 0 Å². The largest absolute Gasteiger partial charge is 0.351 e. The molecule has 1 aromatic carbocycles. The van der Waals surface area contributed by atoms with E-state index in [0.717, 1.165) is 16.6 Å². The van der Waals surface area contributed by atoms with Gasteiger partial charge in [0.2, 0.25) is 0 Å². The first kappa shape index (κ1) is 16.4. The maximum Gasteiger partial charge on any atom is 0.271 e. The van der Waals surface area contributed by atoms with Crippen LogP contribution in [0.4, 0.5) is 11.5 Å². The van der Waals surface area contributed by atoms with E-state index in [1.807, 2.05) is 24.3 Å². The maximum absolute atomic E-state index is 11.9. The Balaban J connectivity index is 1.95. The summed E-state index contributed by atoms with van der Waals surface area (Å²) in [6.45, 7) is 4.89. The van der Waals surface area contributed by atoms with E-state index in [1.165, 1.54) is 6.20 Å². The van der Waals surface area contributed by atoms with Crippen molar-refractivity contribution in [3.63, 3.8) is 0 Å². The highest BCUT2D eigenvalue weighted by Gasteiger charge is 2.08. The lowest BCUT2D eigenvalue weighted by Gasteiger charge is -2.08. The van der Waals surface area contributed by atoms with Gasteiger partial charge >= 0.3 is 0 Å². The third-order valence-electron chi connectivity index (χ3n) is 3.03. The number of nitrogens with zero attached hydrogens (tertiary/aromatic N) is 2. The molecule has 0 aliphatic carbocycles. The normalized spacial score (nSPS) is 10.5. The number of carbonyl (C=O) groups is 1. The van der Waals surface area contributed by atoms with Crippen molar-refractivity contribution in [2.24, 2.45) is 5.92 Å². The van der Waals surface area contributed by atoms with Crippen LogP contribution in [-0.4, -0.2) is 22.4 Å². The van der Waals surface area contributed by atoms with Crippen molar-refractivity contribution < 1.29 is 4.79 Å². The van der Waals surface area contributed by atoms with Gasteiger partial charge in [-0.2, -0.15) is 0 Å². The van der Waals surface area contributed by atoms with E-state index in [0.29, 0.717) is 24.0 Å². The van der Waals surface area contributed by atoms with E-state index in [2.05, 4.69) is 50.4 Å². The fourth-order valence-electron chi connectivity index (χ4n) is 1.78. The van der Waals surface area contributed by atoms with E-state index >= 15 is 0 Å². The number of halogens is 1. The smallest absolute Gasteiger partial charge is 0.271 e. The lowest BCUT2D eigenvalue weighted by atomic mass is 10.1. The van der Waals surface area contributed by atoms with Crippen molar-refractivity contribution in [3.05, 3.63) is 46.8 Å². The number of hydrogen-bond donors (Lipinski definition) is 2. The van der Waals surface area contributed by atoms with Gasteiger partial charge in [0.25, 0.3) is 5.91 Å². The van der Waals surface area contributed by atoms with Crippen LogP contribution in [0.2, 0.25) is 0 Å². The van der Waals surface area contributed by atoms with Crippen molar-refractivity contribution in [1.29, 1.82) is 0 Å². The molecule has 5 nitrogen and oxygen atoms in total. The van der Waals surface area contributed by atoms with E-state index in [-0.39, 0.29) is 5.91 Å². The minimum Gasteiger partial charge on any atom is -0.351 e. The van der Waals surface area contributed by atoms with Crippen molar-refractivity contribution in [2.45, 2.75) is 20.3 Å². The van der Waals surface area contributed by atoms with Gasteiger partial charge < -0.3 is 10.6 Å². The van der Waals surface area contributed by atoms with Crippen LogP contribution in [0.1, 0.15) is 30.8 Å². The molecule has 0 aliphatic heterocycles. The Morgan fingerprint density at radius 1 is 1.23 bits per heavy atom. The summed E-state index contributed by atoms with van der Waals surface area (Å²) < 4.78 is 0.937. The van der Waals surface area contributed by atoms with Crippen LogP contribution < -0.4 is 10.6 Å². The Bertz CT molecular complexity index is 628. The van der Waals surface area contributed by atoms with Crippen LogP contribution in [0, 0.1) is 5.92 Å². The Morgan fingerprint density at radius 2 is 2.00 bits per heavy atom. The van der Waals surface area contributed by atoms with Crippen LogP contribution in [0.25, 0.3) is 0 Å². The van der Waals surface area contributed by atoms with Gasteiger partial charge in [-0.3, -0.25) is 4.79 Å². The van der Waals surface area contributed by atoms with Crippen LogP contribution in [-0.2, 0) is 0 Å². The second-order valence-corrected chi connectivity index (χ2v) is 6.18. The Hall–Kier alpha value is -1.95. The molecular formula is C16H19BrN4O. The zero-order chi connectivity index (χ0) is 15.9. The van der Waals surface area contributed by atoms with E-state index in [9.17, 15) is 4.79 Å². The minimum absolute atomic E-state index is 0.194. The molecule has 2 aromatic rings. The molecule has 0 saturated carbocycles. The highest BCUT2D eigenvalue weighted by Crippen LogP contribution is 2.23. The number of hydrogen-bond acceptors (Lipinski definition) is 4. The third-order valence-corrected chi connectivity index (χ3v) is 3.72. The van der Waals surface area contributed by atoms with Crippen molar-refractivity contribution in [1.82, 2.24) is 15.3 Å². The van der Waals surface area contributed by atoms with Crippen LogP contribution >= 0.6 is 15.9 Å². The summed E-state index contributed by atoms with van der Waals surface area (Å²) in [5.41, 5.74) is 1.22. The monoisotopic (exact) mass is 362 g/mol. The first-order valence-electron chi connectivity index (χ1n) is 7.18. The SMILES string of the molecule is CC(C)CCNC(=O)c1cnc(Nc2ccccc2Br)cn1. The molecular weight excluding hydrogens is 344 g/mol. The quantitative estimate of drug-likeness (QED) is 0.820. The molecule has 116 valence electrons. The molecule has 1 heterocycles. The van der Waals surface area contributed by atoms with Crippen LogP contribution in [0.3, 0.4) is 0 Å². The summed E-state index contributed by atoms with van der Waals surface area (Å²) in [6, 6.07) is 7.73. The number of amides is 1. The summed E-state index contributed by atoms with van der Waals surface area (Å²) in [5.74, 6) is 0.952. The molecule has 22 heavy (non-hydrogen) atoms. The highest BCUT2D eigenvalue weighted by molar-refractivity contribution is 9.10. The summed E-state index contributed by atoms with van der Waals surface area (Å²) in [7, 11) is 0. The molecule has 1 amide bonds. The predicted octanol–water partition coefficient (Wildman–Crippen LogP) is 3.76. The van der Waals surface area contributed by atoms with Crippen LogP contribution in [0.5, 0.6) is 0 Å². The fourth-order valence-corrected chi connectivity index (χ4v) is 2.16.